The van der Waals surface area contributed by atoms with Crippen molar-refractivity contribution < 1.29 is 31.1 Å². The summed E-state index contributed by atoms with van der Waals surface area (Å²) in [6.45, 7) is 5.00. The zero-order valence-corrected chi connectivity index (χ0v) is 19.4. The van der Waals surface area contributed by atoms with Gasteiger partial charge in [-0.15, -0.1) is 0 Å². The fraction of sp³-hybridized carbons (Fsp3) is 0.632. The minimum Gasteiger partial charge on any atom is -0.444 e. The van der Waals surface area contributed by atoms with Crippen LogP contribution in [0.15, 0.2) is 16.6 Å². The van der Waals surface area contributed by atoms with Crippen molar-refractivity contribution in [3.8, 4) is 0 Å². The topological polar surface area (TPSA) is 75.7 Å². The van der Waals surface area contributed by atoms with E-state index in [0.717, 1.165) is 18.4 Å². The van der Waals surface area contributed by atoms with Gasteiger partial charge in [0.25, 0.3) is 0 Å². The zero-order chi connectivity index (χ0) is 22.6. The molecule has 2 bridgehead atoms. The largest absolute Gasteiger partial charge is 0.444 e. The first-order chi connectivity index (χ1) is 13.6. The van der Waals surface area contributed by atoms with Crippen molar-refractivity contribution in [3.05, 3.63) is 33.8 Å². The first kappa shape index (κ1) is 23.3. The number of nitrogens with one attached hydrogen (secondary N) is 1. The van der Waals surface area contributed by atoms with Crippen molar-refractivity contribution in [2.45, 2.75) is 69.4 Å². The molecule has 1 amide bonds. The number of piperidine rings is 2. The Balaban J connectivity index is 2.04. The Morgan fingerprint density at radius 2 is 1.93 bits per heavy atom. The molecule has 30 heavy (non-hydrogen) atoms. The predicted octanol–water partition coefficient (Wildman–Crippen LogP) is 3.68. The molecule has 0 aromatic heterocycles. The number of halogens is 4. The van der Waals surface area contributed by atoms with Crippen LogP contribution in [0.25, 0.3) is 0 Å². The van der Waals surface area contributed by atoms with E-state index < -0.39 is 57.1 Å². The monoisotopic (exact) mass is 512 g/mol. The van der Waals surface area contributed by atoms with Gasteiger partial charge in [-0.1, -0.05) is 0 Å². The summed E-state index contributed by atoms with van der Waals surface area (Å²) in [6, 6.07) is -1.05. The second-order valence-electron chi connectivity index (χ2n) is 8.98. The van der Waals surface area contributed by atoms with Gasteiger partial charge in [0.1, 0.15) is 22.9 Å². The van der Waals surface area contributed by atoms with E-state index in [1.165, 1.54) is 4.90 Å². The average Bonchev–Trinajstić information content (AvgIpc) is 2.51. The fourth-order valence-corrected chi connectivity index (χ4v) is 5.47. The van der Waals surface area contributed by atoms with Gasteiger partial charge in [-0.3, -0.25) is 4.90 Å². The molecule has 6 nitrogen and oxygen atoms in total. The molecule has 1 N–H and O–H groups in total. The van der Waals surface area contributed by atoms with Crippen LogP contribution in [0.4, 0.5) is 18.0 Å². The average molecular weight is 513 g/mol. The van der Waals surface area contributed by atoms with Crippen LogP contribution in [0.3, 0.4) is 0 Å². The van der Waals surface area contributed by atoms with E-state index in [-0.39, 0.29) is 29.3 Å². The van der Waals surface area contributed by atoms with Gasteiger partial charge in [0.2, 0.25) is 10.0 Å². The fourth-order valence-electron chi connectivity index (χ4n) is 4.16. The first-order valence-corrected chi connectivity index (χ1v) is 12.1. The van der Waals surface area contributed by atoms with Crippen LogP contribution in [0.2, 0.25) is 0 Å². The van der Waals surface area contributed by atoms with Crippen molar-refractivity contribution in [3.63, 3.8) is 0 Å². The minimum atomic E-state index is -3.85. The number of ether oxygens (including phenoxy) is 1. The van der Waals surface area contributed by atoms with Gasteiger partial charge in [0.15, 0.2) is 0 Å². The van der Waals surface area contributed by atoms with Gasteiger partial charge < -0.3 is 4.74 Å². The number of alkyl halides is 1. The smallest absolute Gasteiger partial charge is 0.410 e. The Morgan fingerprint density at radius 3 is 2.47 bits per heavy atom. The number of hydrogen-bond acceptors (Lipinski definition) is 4. The highest BCUT2D eigenvalue weighted by Crippen LogP contribution is 2.50. The maximum atomic E-state index is 15.4. The van der Waals surface area contributed by atoms with Gasteiger partial charge in [-0.2, -0.15) is 0 Å². The SMILES string of the molecule is CC(C)(C)OC(=O)N1C2CC(F)(C2)[C@H](NS(C)(=O)=O)[C@@H]1Cc1cc(F)cc(Br)c1F. The third-order valence-electron chi connectivity index (χ3n) is 5.29. The Bertz CT molecular complexity index is 961. The third-order valence-corrected chi connectivity index (χ3v) is 6.54. The Hall–Kier alpha value is -1.33. The van der Waals surface area contributed by atoms with E-state index >= 15 is 4.39 Å². The molecule has 1 aromatic carbocycles. The summed E-state index contributed by atoms with van der Waals surface area (Å²) in [5.41, 5.74) is -2.84. The van der Waals surface area contributed by atoms with Crippen molar-refractivity contribution >= 4 is 32.0 Å². The van der Waals surface area contributed by atoms with Crippen LogP contribution in [-0.4, -0.2) is 55.1 Å². The van der Waals surface area contributed by atoms with E-state index in [2.05, 4.69) is 20.7 Å². The highest BCUT2D eigenvalue weighted by atomic mass is 79.9. The van der Waals surface area contributed by atoms with Crippen LogP contribution in [0.5, 0.6) is 0 Å². The number of nitrogens with zero attached hydrogens (tertiary/aromatic N) is 1. The summed E-state index contributed by atoms with van der Waals surface area (Å²) in [7, 11) is -3.85. The number of carbonyl (C=O) groups excluding carboxylic acids is 1. The van der Waals surface area contributed by atoms with E-state index in [1.54, 1.807) is 20.8 Å². The second-order valence-corrected chi connectivity index (χ2v) is 11.6. The molecule has 1 aromatic rings. The molecule has 2 atom stereocenters. The maximum absolute atomic E-state index is 15.4. The van der Waals surface area contributed by atoms with Crippen LogP contribution in [-0.2, 0) is 21.2 Å². The molecule has 3 fully saturated rings. The number of fused-ring (bicyclic) bond motifs is 2. The number of sulfonamides is 1. The number of benzene rings is 1. The Kier molecular flexibility index (Phi) is 5.96. The molecule has 2 heterocycles. The molecule has 2 saturated heterocycles. The highest BCUT2D eigenvalue weighted by molar-refractivity contribution is 9.10. The second kappa shape index (κ2) is 7.67. The van der Waals surface area contributed by atoms with Crippen LogP contribution in [0, 0.1) is 11.6 Å². The lowest BCUT2D eigenvalue weighted by Crippen LogP contribution is -2.77. The lowest BCUT2D eigenvalue weighted by Gasteiger charge is -2.60. The third kappa shape index (κ3) is 4.77. The number of rotatable bonds is 4. The summed E-state index contributed by atoms with van der Waals surface area (Å²) in [4.78, 5) is 14.2. The molecule has 4 rings (SSSR count). The van der Waals surface area contributed by atoms with Gasteiger partial charge in [0, 0.05) is 18.9 Å². The lowest BCUT2D eigenvalue weighted by molar-refractivity contribution is -0.131. The summed E-state index contributed by atoms with van der Waals surface area (Å²) in [5.74, 6) is -1.48. The summed E-state index contributed by atoms with van der Waals surface area (Å²) >= 11 is 2.93. The summed E-state index contributed by atoms with van der Waals surface area (Å²) < 4.78 is 75.4. The molecule has 1 saturated carbocycles. The molecule has 1 aliphatic carbocycles. The molecule has 0 unspecified atom stereocenters. The summed E-state index contributed by atoms with van der Waals surface area (Å²) in [6.07, 6.45) is -0.293. The Labute approximate surface area is 182 Å². The lowest BCUT2D eigenvalue weighted by atomic mass is 9.64. The van der Waals surface area contributed by atoms with E-state index in [4.69, 9.17) is 4.74 Å². The molecular formula is C19H24BrF3N2O4S. The molecule has 3 aliphatic rings. The minimum absolute atomic E-state index is 0.0642. The van der Waals surface area contributed by atoms with E-state index in [9.17, 15) is 22.0 Å². The van der Waals surface area contributed by atoms with Crippen LogP contribution >= 0.6 is 15.9 Å². The van der Waals surface area contributed by atoms with Crippen molar-refractivity contribution in [1.82, 2.24) is 9.62 Å². The van der Waals surface area contributed by atoms with Gasteiger partial charge in [-0.05, 0) is 60.8 Å². The van der Waals surface area contributed by atoms with Crippen LogP contribution < -0.4 is 4.72 Å². The molecule has 0 radical (unpaired) electrons. The Morgan fingerprint density at radius 1 is 1.33 bits per heavy atom. The highest BCUT2D eigenvalue weighted by Gasteiger charge is 2.64. The first-order valence-electron chi connectivity index (χ1n) is 9.40. The van der Waals surface area contributed by atoms with E-state index in [1.807, 2.05) is 0 Å². The maximum Gasteiger partial charge on any atom is 0.410 e. The van der Waals surface area contributed by atoms with Crippen LogP contribution in [0.1, 0.15) is 39.2 Å². The quantitative estimate of drug-likeness (QED) is 0.624. The molecular weight excluding hydrogens is 489 g/mol. The van der Waals surface area contributed by atoms with Crippen molar-refractivity contribution in [1.29, 1.82) is 0 Å². The number of amides is 1. The molecule has 0 spiro atoms. The van der Waals surface area contributed by atoms with Gasteiger partial charge >= 0.3 is 6.09 Å². The standard InChI is InChI=1S/C19H24BrF3N2O4S/c1-18(2,3)29-17(26)25-12-8-19(23,9-12)16(24-30(4,27)28)14(25)6-10-5-11(21)7-13(20)15(10)22/h5,7,12,14,16,24H,6,8-9H2,1-4H3/t12?,14-,16+,19?/m0/s1. The predicted molar refractivity (Wildman–Crippen MR) is 108 cm³/mol. The number of hydrogen-bond donors (Lipinski definition) is 1. The van der Waals surface area contributed by atoms with E-state index in [0.29, 0.717) is 0 Å². The molecule has 11 heteroatoms. The summed E-state index contributed by atoms with van der Waals surface area (Å²) in [5, 5.41) is 0. The number of carbonyl (C=O) groups is 1. The molecule has 2 aliphatic heterocycles. The normalized spacial score (nSPS) is 28.8. The zero-order valence-electron chi connectivity index (χ0n) is 17.0. The van der Waals surface area contributed by atoms with Crippen molar-refractivity contribution in [2.24, 2.45) is 0 Å². The van der Waals surface area contributed by atoms with Gasteiger partial charge in [0.05, 0.1) is 22.8 Å². The van der Waals surface area contributed by atoms with Gasteiger partial charge in [-0.25, -0.2) is 31.1 Å². The molecule has 168 valence electrons. The van der Waals surface area contributed by atoms with Crippen molar-refractivity contribution in [2.75, 3.05) is 6.26 Å².